The molecule has 1 fully saturated rings. The van der Waals surface area contributed by atoms with E-state index in [0.717, 1.165) is 0 Å². The van der Waals surface area contributed by atoms with Crippen LogP contribution in [0.1, 0.15) is 23.0 Å². The highest BCUT2D eigenvalue weighted by Gasteiger charge is 2.29. The number of carbonyl (C=O) groups excluding carboxylic acids is 2. The van der Waals surface area contributed by atoms with Crippen LogP contribution in [-0.4, -0.2) is 36.5 Å². The number of ether oxygens (including phenoxy) is 1. The van der Waals surface area contributed by atoms with Gasteiger partial charge < -0.3 is 9.64 Å². The summed E-state index contributed by atoms with van der Waals surface area (Å²) in [4.78, 5) is 25.5. The molecule has 2 heterocycles. The standard InChI is InChI=1S/C12H14ClNO3S/c1-2-14-6-8(5-11(14)15)7-17-12(16)9-3-4-10(13)18-9/h3-4,8H,2,5-7H2,1H3. The second-order valence-corrected chi connectivity index (χ2v) is 5.92. The fourth-order valence-corrected chi connectivity index (χ4v) is 2.90. The van der Waals surface area contributed by atoms with E-state index in [2.05, 4.69) is 0 Å². The summed E-state index contributed by atoms with van der Waals surface area (Å²) in [7, 11) is 0. The van der Waals surface area contributed by atoms with E-state index in [0.29, 0.717) is 28.7 Å². The van der Waals surface area contributed by atoms with Gasteiger partial charge in [0.1, 0.15) is 4.88 Å². The van der Waals surface area contributed by atoms with Crippen molar-refractivity contribution in [2.75, 3.05) is 19.7 Å². The van der Waals surface area contributed by atoms with Crippen molar-refractivity contribution in [1.29, 1.82) is 0 Å². The first-order valence-corrected chi connectivity index (χ1v) is 6.99. The van der Waals surface area contributed by atoms with E-state index in [1.54, 1.807) is 17.0 Å². The summed E-state index contributed by atoms with van der Waals surface area (Å²) < 4.78 is 5.77. The molecule has 6 heteroatoms. The Morgan fingerprint density at radius 1 is 1.61 bits per heavy atom. The Kier molecular flexibility index (Phi) is 4.24. The van der Waals surface area contributed by atoms with Crippen molar-refractivity contribution in [3.8, 4) is 0 Å². The molecule has 0 aliphatic carbocycles. The normalized spacial score (nSPS) is 19.3. The molecule has 1 amide bonds. The summed E-state index contributed by atoms with van der Waals surface area (Å²) in [5, 5.41) is 0. The van der Waals surface area contributed by atoms with Gasteiger partial charge in [-0.25, -0.2) is 4.79 Å². The zero-order valence-corrected chi connectivity index (χ0v) is 11.6. The number of likely N-dealkylation sites (tertiary alicyclic amines) is 1. The summed E-state index contributed by atoms with van der Waals surface area (Å²) in [6.45, 7) is 3.62. The van der Waals surface area contributed by atoms with E-state index >= 15 is 0 Å². The van der Waals surface area contributed by atoms with Crippen molar-refractivity contribution >= 4 is 34.8 Å². The summed E-state index contributed by atoms with van der Waals surface area (Å²) in [5.74, 6) is -0.121. The summed E-state index contributed by atoms with van der Waals surface area (Å²) >= 11 is 6.95. The molecular formula is C12H14ClNO3S. The molecule has 1 aromatic rings. The number of thiophene rings is 1. The topological polar surface area (TPSA) is 46.6 Å². The van der Waals surface area contributed by atoms with Crippen LogP contribution in [0.2, 0.25) is 4.34 Å². The Balaban J connectivity index is 1.82. The largest absolute Gasteiger partial charge is 0.461 e. The highest BCUT2D eigenvalue weighted by atomic mass is 35.5. The van der Waals surface area contributed by atoms with Crippen molar-refractivity contribution in [3.05, 3.63) is 21.3 Å². The number of halogens is 1. The van der Waals surface area contributed by atoms with Crippen LogP contribution in [0.15, 0.2) is 12.1 Å². The van der Waals surface area contributed by atoms with Gasteiger partial charge in [-0.05, 0) is 19.1 Å². The SMILES string of the molecule is CCN1CC(COC(=O)c2ccc(Cl)s2)CC1=O. The Morgan fingerprint density at radius 3 is 2.94 bits per heavy atom. The maximum Gasteiger partial charge on any atom is 0.348 e. The minimum absolute atomic E-state index is 0.108. The molecule has 98 valence electrons. The molecule has 4 nitrogen and oxygen atoms in total. The van der Waals surface area contributed by atoms with Gasteiger partial charge in [-0.15, -0.1) is 11.3 Å². The minimum Gasteiger partial charge on any atom is -0.461 e. The van der Waals surface area contributed by atoms with E-state index < -0.39 is 0 Å². The van der Waals surface area contributed by atoms with E-state index in [9.17, 15) is 9.59 Å². The average molecular weight is 288 g/mol. The molecule has 0 aromatic carbocycles. The first-order valence-electron chi connectivity index (χ1n) is 5.80. The van der Waals surface area contributed by atoms with E-state index in [4.69, 9.17) is 16.3 Å². The second kappa shape index (κ2) is 5.71. The van der Waals surface area contributed by atoms with Crippen LogP contribution in [0.25, 0.3) is 0 Å². The monoisotopic (exact) mass is 287 g/mol. The van der Waals surface area contributed by atoms with Crippen molar-refractivity contribution in [3.63, 3.8) is 0 Å². The lowest BCUT2D eigenvalue weighted by atomic mass is 10.1. The van der Waals surface area contributed by atoms with Crippen LogP contribution < -0.4 is 0 Å². The van der Waals surface area contributed by atoms with Gasteiger partial charge in [-0.1, -0.05) is 11.6 Å². The number of hydrogen-bond acceptors (Lipinski definition) is 4. The van der Waals surface area contributed by atoms with Crippen LogP contribution in [0.3, 0.4) is 0 Å². The number of hydrogen-bond donors (Lipinski definition) is 0. The lowest BCUT2D eigenvalue weighted by Crippen LogP contribution is -2.25. The number of rotatable bonds is 4. The third kappa shape index (κ3) is 3.03. The van der Waals surface area contributed by atoms with Gasteiger partial charge >= 0.3 is 5.97 Å². The second-order valence-electron chi connectivity index (χ2n) is 4.20. The van der Waals surface area contributed by atoms with Crippen LogP contribution in [0, 0.1) is 5.92 Å². The Morgan fingerprint density at radius 2 is 2.39 bits per heavy atom. The molecule has 0 N–H and O–H groups in total. The fourth-order valence-electron chi connectivity index (χ4n) is 1.96. The highest BCUT2D eigenvalue weighted by molar-refractivity contribution is 7.17. The third-order valence-electron chi connectivity index (χ3n) is 2.90. The first-order chi connectivity index (χ1) is 8.60. The van der Waals surface area contributed by atoms with Gasteiger partial charge in [0.15, 0.2) is 0 Å². The van der Waals surface area contributed by atoms with Crippen molar-refractivity contribution in [1.82, 2.24) is 4.90 Å². The van der Waals surface area contributed by atoms with Gasteiger partial charge in [0.2, 0.25) is 5.91 Å². The third-order valence-corrected chi connectivity index (χ3v) is 4.11. The molecule has 1 unspecified atom stereocenters. The van der Waals surface area contributed by atoms with Crippen molar-refractivity contribution in [2.24, 2.45) is 5.92 Å². The molecule has 0 radical (unpaired) electrons. The molecule has 1 saturated heterocycles. The van der Waals surface area contributed by atoms with Crippen LogP contribution in [0.4, 0.5) is 0 Å². The van der Waals surface area contributed by atoms with Gasteiger partial charge in [0.05, 0.1) is 10.9 Å². The Labute approximate surface area is 114 Å². The molecular weight excluding hydrogens is 274 g/mol. The lowest BCUT2D eigenvalue weighted by molar-refractivity contribution is -0.127. The van der Waals surface area contributed by atoms with E-state index in [1.165, 1.54) is 11.3 Å². The molecule has 0 spiro atoms. The summed E-state index contributed by atoms with van der Waals surface area (Å²) in [5.41, 5.74) is 0. The van der Waals surface area contributed by atoms with Crippen molar-refractivity contribution < 1.29 is 14.3 Å². The maximum atomic E-state index is 11.7. The molecule has 1 aliphatic heterocycles. The smallest absolute Gasteiger partial charge is 0.348 e. The first kappa shape index (κ1) is 13.4. The Bertz CT molecular complexity index is 460. The van der Waals surface area contributed by atoms with Crippen LogP contribution in [0.5, 0.6) is 0 Å². The van der Waals surface area contributed by atoms with Crippen molar-refractivity contribution in [2.45, 2.75) is 13.3 Å². The molecule has 0 bridgehead atoms. The average Bonchev–Trinajstić information content (AvgIpc) is 2.92. The van der Waals surface area contributed by atoms with Gasteiger partial charge in [-0.2, -0.15) is 0 Å². The summed E-state index contributed by atoms with van der Waals surface area (Å²) in [6.07, 6.45) is 0.465. The summed E-state index contributed by atoms with van der Waals surface area (Å²) in [6, 6.07) is 3.31. The van der Waals surface area contributed by atoms with Gasteiger partial charge in [0.25, 0.3) is 0 Å². The minimum atomic E-state index is -0.366. The molecule has 18 heavy (non-hydrogen) atoms. The number of amides is 1. The van der Waals surface area contributed by atoms with Gasteiger partial charge in [0, 0.05) is 25.4 Å². The number of esters is 1. The quantitative estimate of drug-likeness (QED) is 0.799. The van der Waals surface area contributed by atoms with Crippen LogP contribution >= 0.6 is 22.9 Å². The molecule has 0 saturated carbocycles. The molecule has 2 rings (SSSR count). The van der Waals surface area contributed by atoms with E-state index in [-0.39, 0.29) is 24.4 Å². The molecule has 1 atom stereocenters. The Hall–Kier alpha value is -1.07. The predicted octanol–water partition coefficient (Wildman–Crippen LogP) is 2.43. The zero-order chi connectivity index (χ0) is 13.1. The lowest BCUT2D eigenvalue weighted by Gasteiger charge is -2.13. The zero-order valence-electron chi connectivity index (χ0n) is 10.0. The fraction of sp³-hybridized carbons (Fsp3) is 0.500. The maximum absolute atomic E-state index is 11.7. The number of carbonyl (C=O) groups is 2. The highest BCUT2D eigenvalue weighted by Crippen LogP contribution is 2.23. The predicted molar refractivity (Wildman–Crippen MR) is 70.0 cm³/mol. The van der Waals surface area contributed by atoms with Gasteiger partial charge in [-0.3, -0.25) is 4.79 Å². The molecule has 1 aliphatic rings. The van der Waals surface area contributed by atoms with E-state index in [1.807, 2.05) is 6.92 Å². The van der Waals surface area contributed by atoms with Crippen LogP contribution in [-0.2, 0) is 9.53 Å². The number of nitrogens with zero attached hydrogens (tertiary/aromatic N) is 1. The molecule has 1 aromatic heterocycles.